The Balaban J connectivity index is 2.85. The van der Waals surface area contributed by atoms with E-state index in [2.05, 4.69) is 0 Å². The molecule has 0 aliphatic rings. The summed E-state index contributed by atoms with van der Waals surface area (Å²) in [5, 5.41) is 1.28. The van der Waals surface area contributed by atoms with Gasteiger partial charge >= 0.3 is 0 Å². The first-order chi connectivity index (χ1) is 7.20. The van der Waals surface area contributed by atoms with Crippen LogP contribution >= 0.6 is 0 Å². The second kappa shape index (κ2) is 5.51. The van der Waals surface area contributed by atoms with Crippen molar-refractivity contribution >= 4 is 5.91 Å². The van der Waals surface area contributed by atoms with Crippen LogP contribution in [0.5, 0.6) is 0 Å². The molecule has 1 amide bonds. The molecular weight excluding hydrogens is 190 g/mol. The summed E-state index contributed by atoms with van der Waals surface area (Å²) in [6.07, 6.45) is 0.774. The van der Waals surface area contributed by atoms with Crippen molar-refractivity contribution in [3.63, 3.8) is 0 Å². The molecule has 0 aromatic heterocycles. The quantitative estimate of drug-likeness (QED) is 0.708. The third-order valence-electron chi connectivity index (χ3n) is 2.49. The van der Waals surface area contributed by atoms with Gasteiger partial charge in [-0.05, 0) is 12.0 Å². The summed E-state index contributed by atoms with van der Waals surface area (Å²) in [5.41, 5.74) is 1.04. The molecule has 1 aromatic rings. The van der Waals surface area contributed by atoms with Crippen molar-refractivity contribution in [2.75, 3.05) is 14.2 Å². The number of benzene rings is 1. The van der Waals surface area contributed by atoms with Crippen molar-refractivity contribution in [1.29, 1.82) is 0 Å². The van der Waals surface area contributed by atoms with E-state index < -0.39 is 0 Å². The predicted molar refractivity (Wildman–Crippen MR) is 59.3 cm³/mol. The molecule has 0 radical (unpaired) electrons. The van der Waals surface area contributed by atoms with Gasteiger partial charge in [-0.2, -0.15) is 0 Å². The lowest BCUT2D eigenvalue weighted by atomic mass is 9.96. The van der Waals surface area contributed by atoms with E-state index in [1.807, 2.05) is 37.3 Å². The first kappa shape index (κ1) is 11.7. The predicted octanol–water partition coefficient (Wildman–Crippen LogP) is 2.20. The average molecular weight is 207 g/mol. The van der Waals surface area contributed by atoms with Crippen LogP contribution in [0.4, 0.5) is 0 Å². The van der Waals surface area contributed by atoms with Crippen LogP contribution in [-0.2, 0) is 9.63 Å². The van der Waals surface area contributed by atoms with Crippen LogP contribution in [0.2, 0.25) is 0 Å². The maximum absolute atomic E-state index is 11.9. The molecule has 0 bridgehead atoms. The molecule has 1 aromatic carbocycles. The SMILES string of the molecule is CC[C@H](C(=O)N(C)OC)c1ccccc1. The number of nitrogens with zero attached hydrogens (tertiary/aromatic N) is 1. The normalized spacial score (nSPS) is 12.2. The molecule has 15 heavy (non-hydrogen) atoms. The number of hydrogen-bond donors (Lipinski definition) is 0. The molecule has 0 unspecified atom stereocenters. The van der Waals surface area contributed by atoms with Crippen LogP contribution in [0.3, 0.4) is 0 Å². The molecule has 0 heterocycles. The number of carbonyl (C=O) groups is 1. The van der Waals surface area contributed by atoms with E-state index in [4.69, 9.17) is 4.84 Å². The van der Waals surface area contributed by atoms with Gasteiger partial charge in [0.1, 0.15) is 0 Å². The van der Waals surface area contributed by atoms with Crippen LogP contribution < -0.4 is 0 Å². The highest BCUT2D eigenvalue weighted by Gasteiger charge is 2.21. The molecule has 0 fully saturated rings. The fraction of sp³-hybridized carbons (Fsp3) is 0.417. The molecule has 82 valence electrons. The van der Waals surface area contributed by atoms with Gasteiger partial charge in [0.2, 0.25) is 0 Å². The molecule has 0 saturated heterocycles. The highest BCUT2D eigenvalue weighted by atomic mass is 16.7. The number of rotatable bonds is 4. The van der Waals surface area contributed by atoms with Crippen molar-refractivity contribution in [3.8, 4) is 0 Å². The maximum Gasteiger partial charge on any atom is 0.253 e. The zero-order chi connectivity index (χ0) is 11.3. The van der Waals surface area contributed by atoms with E-state index in [1.165, 1.54) is 12.2 Å². The second-order valence-electron chi connectivity index (χ2n) is 3.39. The largest absolute Gasteiger partial charge is 0.275 e. The van der Waals surface area contributed by atoms with Crippen molar-refractivity contribution in [2.24, 2.45) is 0 Å². The summed E-state index contributed by atoms with van der Waals surface area (Å²) in [6, 6.07) is 9.77. The first-order valence-electron chi connectivity index (χ1n) is 5.07. The number of hydrogen-bond acceptors (Lipinski definition) is 2. The zero-order valence-corrected chi connectivity index (χ0v) is 9.43. The lowest BCUT2D eigenvalue weighted by Crippen LogP contribution is -2.30. The van der Waals surface area contributed by atoms with E-state index >= 15 is 0 Å². The fourth-order valence-corrected chi connectivity index (χ4v) is 1.55. The Morgan fingerprint density at radius 2 is 2.00 bits per heavy atom. The highest BCUT2D eigenvalue weighted by molar-refractivity contribution is 5.82. The minimum absolute atomic E-state index is 0.00815. The van der Waals surface area contributed by atoms with Gasteiger partial charge in [-0.3, -0.25) is 9.63 Å². The molecule has 0 aliphatic carbocycles. The number of likely N-dealkylation sites (N-methyl/N-ethyl adjacent to an activating group) is 1. The monoisotopic (exact) mass is 207 g/mol. The molecule has 3 nitrogen and oxygen atoms in total. The van der Waals surface area contributed by atoms with Gasteiger partial charge in [0.15, 0.2) is 0 Å². The van der Waals surface area contributed by atoms with Gasteiger partial charge in [0.25, 0.3) is 5.91 Å². The van der Waals surface area contributed by atoms with Crippen LogP contribution in [0.15, 0.2) is 30.3 Å². The summed E-state index contributed by atoms with van der Waals surface area (Å²) >= 11 is 0. The van der Waals surface area contributed by atoms with E-state index in [0.717, 1.165) is 12.0 Å². The molecule has 1 rings (SSSR count). The third kappa shape index (κ3) is 2.80. The van der Waals surface area contributed by atoms with E-state index in [0.29, 0.717) is 0 Å². The minimum Gasteiger partial charge on any atom is -0.275 e. The van der Waals surface area contributed by atoms with Crippen molar-refractivity contribution in [2.45, 2.75) is 19.3 Å². The Labute approximate surface area is 90.6 Å². The van der Waals surface area contributed by atoms with Crippen LogP contribution in [0.1, 0.15) is 24.8 Å². The van der Waals surface area contributed by atoms with Crippen molar-refractivity contribution in [3.05, 3.63) is 35.9 Å². The molecule has 0 N–H and O–H groups in total. The molecule has 0 spiro atoms. The van der Waals surface area contributed by atoms with Gasteiger partial charge in [0, 0.05) is 7.05 Å². The smallest absolute Gasteiger partial charge is 0.253 e. The Bertz CT molecular complexity index is 311. The second-order valence-corrected chi connectivity index (χ2v) is 3.39. The zero-order valence-electron chi connectivity index (χ0n) is 9.43. The maximum atomic E-state index is 11.9. The van der Waals surface area contributed by atoms with Crippen LogP contribution in [-0.4, -0.2) is 25.1 Å². The third-order valence-corrected chi connectivity index (χ3v) is 2.49. The summed E-state index contributed by atoms with van der Waals surface area (Å²) in [4.78, 5) is 16.8. The van der Waals surface area contributed by atoms with Crippen LogP contribution in [0, 0.1) is 0 Å². The van der Waals surface area contributed by atoms with E-state index in [1.54, 1.807) is 7.05 Å². The number of carbonyl (C=O) groups excluding carboxylic acids is 1. The Morgan fingerprint density at radius 1 is 1.40 bits per heavy atom. The number of amides is 1. The molecular formula is C12H17NO2. The van der Waals surface area contributed by atoms with Gasteiger partial charge in [-0.15, -0.1) is 0 Å². The average Bonchev–Trinajstić information content (AvgIpc) is 2.30. The topological polar surface area (TPSA) is 29.5 Å². The summed E-state index contributed by atoms with van der Waals surface area (Å²) < 4.78 is 0. The molecule has 0 aliphatic heterocycles. The Morgan fingerprint density at radius 3 is 2.47 bits per heavy atom. The summed E-state index contributed by atoms with van der Waals surface area (Å²) in [5.74, 6) is -0.123. The number of hydroxylamine groups is 2. The highest BCUT2D eigenvalue weighted by Crippen LogP contribution is 2.21. The van der Waals surface area contributed by atoms with E-state index in [9.17, 15) is 4.79 Å². The summed E-state index contributed by atoms with van der Waals surface area (Å²) in [7, 11) is 3.13. The molecule has 1 atom stereocenters. The molecule has 3 heteroatoms. The Hall–Kier alpha value is -1.35. The minimum atomic E-state index is -0.115. The van der Waals surface area contributed by atoms with Crippen molar-refractivity contribution in [1.82, 2.24) is 5.06 Å². The van der Waals surface area contributed by atoms with Crippen LogP contribution in [0.25, 0.3) is 0 Å². The molecule has 0 saturated carbocycles. The standard InChI is InChI=1S/C12H17NO2/c1-4-11(12(14)13(2)15-3)10-8-6-5-7-9-10/h5-9,11H,4H2,1-3H3/t11-/m0/s1. The summed E-state index contributed by atoms with van der Waals surface area (Å²) in [6.45, 7) is 2.00. The fourth-order valence-electron chi connectivity index (χ4n) is 1.55. The van der Waals surface area contributed by atoms with Gasteiger partial charge in [-0.1, -0.05) is 37.3 Å². The first-order valence-corrected chi connectivity index (χ1v) is 5.07. The van der Waals surface area contributed by atoms with Crippen molar-refractivity contribution < 1.29 is 9.63 Å². The Kier molecular flexibility index (Phi) is 4.31. The van der Waals surface area contributed by atoms with E-state index in [-0.39, 0.29) is 11.8 Å². The van der Waals surface area contributed by atoms with Gasteiger partial charge in [-0.25, -0.2) is 5.06 Å². The lowest BCUT2D eigenvalue weighted by molar-refractivity contribution is -0.170. The van der Waals surface area contributed by atoms with Gasteiger partial charge < -0.3 is 0 Å². The lowest BCUT2D eigenvalue weighted by Gasteiger charge is -2.20. The van der Waals surface area contributed by atoms with Gasteiger partial charge in [0.05, 0.1) is 13.0 Å².